The molecule has 1 fully saturated rings. The molecule has 1 aliphatic rings. The lowest BCUT2D eigenvalue weighted by Gasteiger charge is -2.34. The van der Waals surface area contributed by atoms with E-state index in [-0.39, 0.29) is 6.04 Å². The van der Waals surface area contributed by atoms with Crippen molar-refractivity contribution < 1.29 is 18.0 Å². The normalized spacial score (nSPS) is 17.8. The van der Waals surface area contributed by atoms with Crippen LogP contribution in [-0.2, 0) is 4.79 Å². The second-order valence-electron chi connectivity index (χ2n) is 4.81. The van der Waals surface area contributed by atoms with Crippen LogP contribution in [-0.4, -0.2) is 36.1 Å². The van der Waals surface area contributed by atoms with E-state index in [2.05, 4.69) is 0 Å². The monoisotopic (exact) mass is 266 g/mol. The number of hydrogen-bond acceptors (Lipinski definition) is 2. The van der Waals surface area contributed by atoms with E-state index >= 15 is 0 Å². The van der Waals surface area contributed by atoms with Crippen LogP contribution < -0.4 is 5.73 Å². The van der Waals surface area contributed by atoms with E-state index in [0.717, 1.165) is 32.1 Å². The number of halogens is 3. The summed E-state index contributed by atoms with van der Waals surface area (Å²) in [5.74, 6) is -0.803. The average molecular weight is 266 g/mol. The van der Waals surface area contributed by atoms with Gasteiger partial charge in [-0.25, -0.2) is 0 Å². The van der Waals surface area contributed by atoms with Crippen molar-refractivity contribution in [2.24, 2.45) is 5.73 Å². The van der Waals surface area contributed by atoms with Gasteiger partial charge >= 0.3 is 6.18 Å². The molecule has 0 aliphatic heterocycles. The zero-order chi connectivity index (χ0) is 13.6. The Morgan fingerprint density at radius 1 is 1.22 bits per heavy atom. The molecule has 1 aliphatic carbocycles. The maximum Gasteiger partial charge on any atom is 0.397 e. The predicted molar refractivity (Wildman–Crippen MR) is 62.9 cm³/mol. The van der Waals surface area contributed by atoms with Crippen LogP contribution in [0, 0.1) is 0 Å². The van der Waals surface area contributed by atoms with Crippen molar-refractivity contribution in [3.8, 4) is 0 Å². The fourth-order valence-electron chi connectivity index (χ4n) is 2.44. The van der Waals surface area contributed by atoms with Gasteiger partial charge < -0.3 is 10.6 Å². The molecule has 1 amide bonds. The second kappa shape index (κ2) is 6.97. The Balaban J connectivity index is 2.60. The van der Waals surface area contributed by atoms with Crippen molar-refractivity contribution in [1.29, 1.82) is 0 Å². The summed E-state index contributed by atoms with van der Waals surface area (Å²) < 4.78 is 36.9. The lowest BCUT2D eigenvalue weighted by Crippen LogP contribution is -2.44. The van der Waals surface area contributed by atoms with Crippen LogP contribution in [0.5, 0.6) is 0 Å². The molecule has 0 saturated heterocycles. The molecule has 0 heterocycles. The maximum atomic E-state index is 12.3. The number of nitrogens with two attached hydrogens (primary N) is 1. The van der Waals surface area contributed by atoms with Gasteiger partial charge in [0.25, 0.3) is 0 Å². The van der Waals surface area contributed by atoms with Crippen LogP contribution >= 0.6 is 0 Å². The first-order valence-electron chi connectivity index (χ1n) is 6.50. The van der Waals surface area contributed by atoms with Crippen molar-refractivity contribution in [2.45, 2.75) is 57.2 Å². The molecule has 0 aromatic heterocycles. The van der Waals surface area contributed by atoms with Crippen molar-refractivity contribution >= 4 is 5.91 Å². The topological polar surface area (TPSA) is 46.3 Å². The van der Waals surface area contributed by atoms with E-state index in [1.807, 2.05) is 0 Å². The number of nitrogens with zero attached hydrogens (tertiary/aromatic N) is 1. The van der Waals surface area contributed by atoms with Crippen molar-refractivity contribution in [1.82, 2.24) is 4.90 Å². The highest BCUT2D eigenvalue weighted by Crippen LogP contribution is 2.26. The second-order valence-corrected chi connectivity index (χ2v) is 4.81. The highest BCUT2D eigenvalue weighted by molar-refractivity contribution is 5.77. The first kappa shape index (κ1) is 15.3. The Kier molecular flexibility index (Phi) is 5.91. The molecular weight excluding hydrogens is 245 g/mol. The van der Waals surface area contributed by atoms with Crippen LogP contribution in [0.3, 0.4) is 0 Å². The van der Waals surface area contributed by atoms with Crippen LogP contribution in [0.1, 0.15) is 44.9 Å². The zero-order valence-electron chi connectivity index (χ0n) is 10.5. The number of hydrogen-bond donors (Lipinski definition) is 1. The number of amides is 1. The Hall–Kier alpha value is -0.780. The number of carbonyl (C=O) groups is 1. The third-order valence-electron chi connectivity index (χ3n) is 3.29. The fraction of sp³-hybridized carbons (Fsp3) is 0.917. The molecule has 106 valence electrons. The quantitative estimate of drug-likeness (QED) is 0.830. The largest absolute Gasteiger partial charge is 0.397 e. The summed E-state index contributed by atoms with van der Waals surface area (Å²) in [6.45, 7) is 0.735. The van der Waals surface area contributed by atoms with Gasteiger partial charge in [-0.05, 0) is 25.8 Å². The molecular formula is C12H21F3N2O. The minimum Gasteiger partial charge on any atom is -0.339 e. The van der Waals surface area contributed by atoms with E-state index in [0.29, 0.717) is 19.5 Å². The van der Waals surface area contributed by atoms with Crippen LogP contribution in [0.2, 0.25) is 0 Å². The van der Waals surface area contributed by atoms with E-state index in [1.54, 1.807) is 0 Å². The summed E-state index contributed by atoms with van der Waals surface area (Å²) in [6.07, 6.45) is -0.510. The van der Waals surface area contributed by atoms with Gasteiger partial charge in [0.1, 0.15) is 6.42 Å². The van der Waals surface area contributed by atoms with Crippen molar-refractivity contribution in [3.05, 3.63) is 0 Å². The third kappa shape index (κ3) is 5.25. The van der Waals surface area contributed by atoms with Gasteiger partial charge in [-0.3, -0.25) is 4.79 Å². The number of alkyl halides is 3. The Bertz CT molecular complexity index is 263. The van der Waals surface area contributed by atoms with Gasteiger partial charge in [0.05, 0.1) is 0 Å². The fourth-order valence-corrected chi connectivity index (χ4v) is 2.44. The first-order chi connectivity index (χ1) is 8.44. The summed E-state index contributed by atoms with van der Waals surface area (Å²) in [6, 6.07) is -0.0276. The molecule has 1 saturated carbocycles. The minimum atomic E-state index is -4.42. The highest BCUT2D eigenvalue weighted by atomic mass is 19.4. The van der Waals surface area contributed by atoms with Crippen molar-refractivity contribution in [2.75, 3.05) is 13.1 Å². The van der Waals surface area contributed by atoms with Crippen LogP contribution in [0.4, 0.5) is 13.2 Å². The smallest absolute Gasteiger partial charge is 0.339 e. The van der Waals surface area contributed by atoms with Crippen LogP contribution in [0.25, 0.3) is 0 Å². The summed E-state index contributed by atoms with van der Waals surface area (Å²) in [7, 11) is 0. The van der Waals surface area contributed by atoms with Crippen LogP contribution in [0.15, 0.2) is 0 Å². The maximum absolute atomic E-state index is 12.3. The summed E-state index contributed by atoms with van der Waals surface area (Å²) in [5.41, 5.74) is 5.37. The zero-order valence-corrected chi connectivity index (χ0v) is 10.5. The highest BCUT2D eigenvalue weighted by Gasteiger charge is 2.35. The Morgan fingerprint density at radius 2 is 1.83 bits per heavy atom. The van der Waals surface area contributed by atoms with Gasteiger partial charge in [0.15, 0.2) is 0 Å². The molecule has 0 radical (unpaired) electrons. The predicted octanol–water partition coefficient (Wildman–Crippen LogP) is 2.45. The van der Waals surface area contributed by atoms with Gasteiger partial charge in [-0.1, -0.05) is 19.3 Å². The lowest BCUT2D eigenvalue weighted by molar-refractivity contribution is -0.163. The third-order valence-corrected chi connectivity index (χ3v) is 3.29. The van der Waals surface area contributed by atoms with Gasteiger partial charge in [-0.2, -0.15) is 13.2 Å². The Morgan fingerprint density at radius 3 is 2.33 bits per heavy atom. The van der Waals surface area contributed by atoms with Gasteiger partial charge in [-0.15, -0.1) is 0 Å². The van der Waals surface area contributed by atoms with Gasteiger partial charge in [0, 0.05) is 12.6 Å². The number of carbonyl (C=O) groups excluding carboxylic acids is 1. The number of rotatable bonds is 5. The molecule has 0 unspecified atom stereocenters. The molecule has 18 heavy (non-hydrogen) atoms. The molecule has 0 spiro atoms. The van der Waals surface area contributed by atoms with E-state index in [1.165, 1.54) is 4.90 Å². The first-order valence-corrected chi connectivity index (χ1v) is 6.50. The molecule has 0 atom stereocenters. The minimum absolute atomic E-state index is 0.0276. The molecule has 0 aromatic rings. The lowest BCUT2D eigenvalue weighted by atomic mass is 9.93. The summed E-state index contributed by atoms with van der Waals surface area (Å²) in [5, 5.41) is 0. The average Bonchev–Trinajstić information content (AvgIpc) is 2.28. The summed E-state index contributed by atoms with van der Waals surface area (Å²) >= 11 is 0. The van der Waals surface area contributed by atoms with Gasteiger partial charge in [0.2, 0.25) is 5.91 Å². The molecule has 6 heteroatoms. The molecule has 3 nitrogen and oxygen atoms in total. The summed E-state index contributed by atoms with van der Waals surface area (Å²) in [4.78, 5) is 13.1. The standard InChI is InChI=1S/C12H21F3N2O/c13-12(14,15)9-11(18)17(8-4-7-16)10-5-2-1-3-6-10/h10H,1-9,16H2. The SMILES string of the molecule is NCCCN(C(=O)CC(F)(F)F)C1CCCCC1. The molecule has 0 bridgehead atoms. The molecule has 1 rings (SSSR count). The Labute approximate surface area is 106 Å². The van der Waals surface area contributed by atoms with E-state index < -0.39 is 18.5 Å². The van der Waals surface area contributed by atoms with E-state index in [9.17, 15) is 18.0 Å². The van der Waals surface area contributed by atoms with Crippen molar-refractivity contribution in [3.63, 3.8) is 0 Å². The van der Waals surface area contributed by atoms with E-state index in [4.69, 9.17) is 5.73 Å². The molecule has 2 N–H and O–H groups in total. The molecule has 0 aromatic carbocycles.